The fraction of sp³-hybridized carbons (Fsp3) is 0.250. The number of rotatable bonds is 2. The highest BCUT2D eigenvalue weighted by molar-refractivity contribution is 5.84. The molecule has 0 aromatic heterocycles. The highest BCUT2D eigenvalue weighted by Crippen LogP contribution is 2.04. The van der Waals surface area contributed by atoms with E-state index in [1.54, 1.807) is 19.1 Å². The molecule has 1 aromatic rings. The van der Waals surface area contributed by atoms with Crippen LogP contribution in [0.5, 0.6) is 0 Å². The number of hydrogen-bond donors (Lipinski definition) is 2. The number of benzene rings is 1. The lowest BCUT2D eigenvalue weighted by atomic mass is 10.3. The van der Waals surface area contributed by atoms with Crippen molar-refractivity contribution in [3.05, 3.63) is 30.3 Å². The summed E-state index contributed by atoms with van der Waals surface area (Å²) in [5.41, 5.74) is 0.746. The van der Waals surface area contributed by atoms with Crippen LogP contribution in [0.25, 0.3) is 0 Å². The fourth-order valence-electron chi connectivity index (χ4n) is 0.807. The second-order valence-electron chi connectivity index (χ2n) is 2.57. The summed E-state index contributed by atoms with van der Waals surface area (Å²) in [6, 6.07) is 9.19. The Morgan fingerprint density at radius 1 is 1.50 bits per heavy atom. The molecule has 1 rings (SSSR count). The molecule has 1 aromatic carbocycles. The zero-order chi connectivity index (χ0) is 12.2. The van der Waals surface area contributed by atoms with E-state index in [0.29, 0.717) is 6.61 Å². The van der Waals surface area contributed by atoms with Gasteiger partial charge in [0, 0.05) is 5.69 Å². The van der Waals surface area contributed by atoms with Gasteiger partial charge in [0.2, 0.25) is 0 Å². The number of hydrogen-bond acceptors (Lipinski definition) is 3. The van der Waals surface area contributed by atoms with Gasteiger partial charge in [-0.05, 0) is 19.1 Å². The third kappa shape index (κ3) is 7.42. The van der Waals surface area contributed by atoms with Crippen LogP contribution in [0, 0.1) is 12.3 Å². The van der Waals surface area contributed by atoms with E-state index in [0.717, 1.165) is 5.69 Å². The molecule has 4 heteroatoms. The van der Waals surface area contributed by atoms with Gasteiger partial charge in [-0.25, -0.2) is 4.79 Å². The number of anilines is 1. The van der Waals surface area contributed by atoms with Crippen molar-refractivity contribution in [2.45, 2.75) is 6.92 Å². The Labute approximate surface area is 95.2 Å². The molecule has 0 radical (unpaired) electrons. The Balaban J connectivity index is 0.000000487. The van der Waals surface area contributed by atoms with Crippen molar-refractivity contribution in [3.63, 3.8) is 0 Å². The summed E-state index contributed by atoms with van der Waals surface area (Å²) in [5.74, 6) is 1.99. The third-order valence-electron chi connectivity index (χ3n) is 1.39. The number of amides is 1. The van der Waals surface area contributed by atoms with E-state index >= 15 is 0 Å². The van der Waals surface area contributed by atoms with Crippen LogP contribution in [0.1, 0.15) is 6.92 Å². The zero-order valence-electron chi connectivity index (χ0n) is 9.14. The second-order valence-corrected chi connectivity index (χ2v) is 2.57. The molecule has 0 unspecified atom stereocenters. The van der Waals surface area contributed by atoms with Gasteiger partial charge in [0.25, 0.3) is 0 Å². The van der Waals surface area contributed by atoms with Gasteiger partial charge in [-0.3, -0.25) is 5.32 Å². The van der Waals surface area contributed by atoms with Crippen molar-refractivity contribution in [2.75, 3.05) is 18.5 Å². The van der Waals surface area contributed by atoms with Gasteiger partial charge in [-0.2, -0.15) is 0 Å². The number of terminal acetylenes is 1. The van der Waals surface area contributed by atoms with Crippen molar-refractivity contribution < 1.29 is 14.6 Å². The number of carbonyl (C=O) groups is 1. The summed E-state index contributed by atoms with van der Waals surface area (Å²) in [6.07, 6.45) is 4.11. The molecule has 0 heterocycles. The molecule has 0 aliphatic rings. The summed E-state index contributed by atoms with van der Waals surface area (Å²) < 4.78 is 4.70. The van der Waals surface area contributed by atoms with Crippen LogP contribution in [0.3, 0.4) is 0 Å². The van der Waals surface area contributed by atoms with Gasteiger partial charge in [-0.15, -0.1) is 6.42 Å². The lowest BCUT2D eigenvalue weighted by Gasteiger charge is -2.03. The Kier molecular flexibility index (Phi) is 8.37. The minimum Gasteiger partial charge on any atom is -0.450 e. The van der Waals surface area contributed by atoms with Crippen LogP contribution < -0.4 is 5.32 Å². The van der Waals surface area contributed by atoms with Crippen LogP contribution in [0.2, 0.25) is 0 Å². The quantitative estimate of drug-likeness (QED) is 0.749. The standard InChI is InChI=1S/C9H11NO2.C3H4O/c1-2-12-9(11)10-8-6-4-3-5-7-8;1-2-3-4/h3-7H,2H2,1H3,(H,10,11);1,4H,3H2. The molecule has 0 spiro atoms. The second kappa shape index (κ2) is 9.56. The predicted molar refractivity (Wildman–Crippen MR) is 63.0 cm³/mol. The number of nitrogens with one attached hydrogen (secondary N) is 1. The molecule has 4 nitrogen and oxygen atoms in total. The lowest BCUT2D eigenvalue weighted by molar-refractivity contribution is 0.168. The highest BCUT2D eigenvalue weighted by Gasteiger charge is 1.98. The topological polar surface area (TPSA) is 58.6 Å². The minimum atomic E-state index is -0.413. The van der Waals surface area contributed by atoms with Crippen molar-refractivity contribution in [3.8, 4) is 12.3 Å². The summed E-state index contributed by atoms with van der Waals surface area (Å²) in [6.45, 7) is 2.00. The van der Waals surface area contributed by atoms with Crippen molar-refractivity contribution >= 4 is 11.8 Å². The Morgan fingerprint density at radius 3 is 2.50 bits per heavy atom. The summed E-state index contributed by atoms with van der Waals surface area (Å²) in [7, 11) is 0. The zero-order valence-corrected chi connectivity index (χ0v) is 9.14. The third-order valence-corrected chi connectivity index (χ3v) is 1.39. The predicted octanol–water partition coefficient (Wildman–Crippen LogP) is 1.87. The van der Waals surface area contributed by atoms with Crippen LogP contribution in [-0.4, -0.2) is 24.4 Å². The van der Waals surface area contributed by atoms with E-state index in [1.807, 2.05) is 24.1 Å². The van der Waals surface area contributed by atoms with Crippen LogP contribution >= 0.6 is 0 Å². The number of aliphatic hydroxyl groups is 1. The molecular weight excluding hydrogens is 206 g/mol. The first-order valence-electron chi connectivity index (χ1n) is 4.77. The molecule has 0 bridgehead atoms. The highest BCUT2D eigenvalue weighted by atomic mass is 16.5. The Bertz CT molecular complexity index is 330. The Hall–Kier alpha value is -1.99. The van der Waals surface area contributed by atoms with Crippen molar-refractivity contribution in [1.82, 2.24) is 0 Å². The summed E-state index contributed by atoms with van der Waals surface area (Å²) in [4.78, 5) is 10.9. The number of carbonyl (C=O) groups excluding carboxylic acids is 1. The van der Waals surface area contributed by atoms with E-state index in [9.17, 15) is 4.79 Å². The molecule has 0 aliphatic heterocycles. The summed E-state index contributed by atoms with van der Waals surface area (Å²) in [5, 5.41) is 10.2. The van der Waals surface area contributed by atoms with E-state index in [2.05, 4.69) is 11.7 Å². The fourth-order valence-corrected chi connectivity index (χ4v) is 0.807. The van der Waals surface area contributed by atoms with Crippen molar-refractivity contribution in [1.29, 1.82) is 0 Å². The Morgan fingerprint density at radius 2 is 2.06 bits per heavy atom. The normalized spacial score (nSPS) is 8.06. The smallest absolute Gasteiger partial charge is 0.411 e. The largest absolute Gasteiger partial charge is 0.450 e. The first-order chi connectivity index (χ1) is 7.74. The monoisotopic (exact) mass is 221 g/mol. The maximum Gasteiger partial charge on any atom is 0.411 e. The first kappa shape index (κ1) is 14.0. The average molecular weight is 221 g/mol. The molecule has 1 amide bonds. The van der Waals surface area contributed by atoms with Gasteiger partial charge >= 0.3 is 6.09 Å². The average Bonchev–Trinajstić information content (AvgIpc) is 2.31. The number of para-hydroxylation sites is 1. The van der Waals surface area contributed by atoms with E-state index in [1.165, 1.54) is 0 Å². The molecule has 86 valence electrons. The van der Waals surface area contributed by atoms with Crippen LogP contribution in [0.15, 0.2) is 30.3 Å². The van der Waals surface area contributed by atoms with Gasteiger partial charge < -0.3 is 9.84 Å². The molecule has 0 atom stereocenters. The van der Waals surface area contributed by atoms with Gasteiger partial charge in [0.15, 0.2) is 0 Å². The van der Waals surface area contributed by atoms with Crippen LogP contribution in [-0.2, 0) is 4.74 Å². The molecule has 0 saturated carbocycles. The molecule has 0 aliphatic carbocycles. The molecule has 0 saturated heterocycles. The van der Waals surface area contributed by atoms with E-state index in [4.69, 9.17) is 9.84 Å². The minimum absolute atomic E-state index is 0.153. The van der Waals surface area contributed by atoms with Crippen molar-refractivity contribution in [2.24, 2.45) is 0 Å². The maximum absolute atomic E-state index is 10.9. The van der Waals surface area contributed by atoms with E-state index in [-0.39, 0.29) is 6.61 Å². The molecule has 0 fully saturated rings. The SMILES string of the molecule is C#CCO.CCOC(=O)Nc1ccccc1. The van der Waals surface area contributed by atoms with Crippen LogP contribution in [0.4, 0.5) is 10.5 Å². The number of ether oxygens (including phenoxy) is 1. The molecule has 2 N–H and O–H groups in total. The van der Waals surface area contributed by atoms with Gasteiger partial charge in [0.1, 0.15) is 6.61 Å². The van der Waals surface area contributed by atoms with Gasteiger partial charge in [0.05, 0.1) is 6.61 Å². The first-order valence-corrected chi connectivity index (χ1v) is 4.77. The summed E-state index contributed by atoms with van der Waals surface area (Å²) >= 11 is 0. The lowest BCUT2D eigenvalue weighted by Crippen LogP contribution is -2.12. The number of aliphatic hydroxyl groups excluding tert-OH is 1. The van der Waals surface area contributed by atoms with Gasteiger partial charge in [-0.1, -0.05) is 24.1 Å². The molecular formula is C12H15NO3. The maximum atomic E-state index is 10.9. The van der Waals surface area contributed by atoms with E-state index < -0.39 is 6.09 Å². The molecule has 16 heavy (non-hydrogen) atoms.